The maximum absolute atomic E-state index is 12.5. The van der Waals surface area contributed by atoms with Crippen molar-refractivity contribution in [2.75, 3.05) is 26.2 Å². The van der Waals surface area contributed by atoms with Crippen molar-refractivity contribution >= 4 is 35.0 Å². The molecular weight excluding hydrogens is 363 g/mol. The first kappa shape index (κ1) is 17.6. The molecular formula is C17H16Cl2N4O2. The van der Waals surface area contributed by atoms with Crippen LogP contribution in [-0.4, -0.2) is 57.8 Å². The fraction of sp³-hybridized carbons (Fsp3) is 0.294. The highest BCUT2D eigenvalue weighted by atomic mass is 35.5. The summed E-state index contributed by atoms with van der Waals surface area (Å²) in [4.78, 5) is 36.4. The Balaban J connectivity index is 1.59. The van der Waals surface area contributed by atoms with Crippen LogP contribution in [0.3, 0.4) is 0 Å². The topological polar surface area (TPSA) is 66.4 Å². The van der Waals surface area contributed by atoms with Gasteiger partial charge in [0.05, 0.1) is 11.4 Å². The second-order valence-electron chi connectivity index (χ2n) is 5.64. The Labute approximate surface area is 155 Å². The van der Waals surface area contributed by atoms with Crippen LogP contribution in [0.2, 0.25) is 10.2 Å². The van der Waals surface area contributed by atoms with Crippen molar-refractivity contribution < 1.29 is 9.59 Å². The van der Waals surface area contributed by atoms with E-state index in [9.17, 15) is 9.59 Å². The second kappa shape index (κ2) is 7.80. The van der Waals surface area contributed by atoms with Crippen LogP contribution in [0.5, 0.6) is 0 Å². The Kier molecular flexibility index (Phi) is 5.50. The number of pyridine rings is 2. The van der Waals surface area contributed by atoms with Crippen molar-refractivity contribution in [3.8, 4) is 0 Å². The van der Waals surface area contributed by atoms with Crippen molar-refractivity contribution in [1.29, 1.82) is 0 Å². The summed E-state index contributed by atoms with van der Waals surface area (Å²) in [6.45, 7) is 1.79. The SMILES string of the molecule is O=C(Cc1ccccn1)N1CCN(C(=O)c2nc(Cl)ccc2Cl)CC1. The average Bonchev–Trinajstić information content (AvgIpc) is 2.64. The molecule has 0 unspecified atom stereocenters. The predicted octanol–water partition coefficient (Wildman–Crippen LogP) is 2.31. The molecule has 1 saturated heterocycles. The van der Waals surface area contributed by atoms with Crippen LogP contribution in [-0.2, 0) is 11.2 Å². The lowest BCUT2D eigenvalue weighted by Crippen LogP contribution is -2.51. The van der Waals surface area contributed by atoms with Crippen molar-refractivity contribution in [2.24, 2.45) is 0 Å². The number of carbonyl (C=O) groups excluding carboxylic acids is 2. The Morgan fingerprint density at radius 3 is 2.40 bits per heavy atom. The normalized spacial score (nSPS) is 14.5. The van der Waals surface area contributed by atoms with Crippen LogP contribution in [0.25, 0.3) is 0 Å². The predicted molar refractivity (Wildman–Crippen MR) is 94.7 cm³/mol. The van der Waals surface area contributed by atoms with Gasteiger partial charge in [-0.15, -0.1) is 0 Å². The lowest BCUT2D eigenvalue weighted by molar-refractivity contribution is -0.132. The van der Waals surface area contributed by atoms with Crippen molar-refractivity contribution in [2.45, 2.75) is 6.42 Å². The largest absolute Gasteiger partial charge is 0.339 e. The highest BCUT2D eigenvalue weighted by Gasteiger charge is 2.27. The van der Waals surface area contributed by atoms with E-state index < -0.39 is 0 Å². The first-order valence-corrected chi connectivity index (χ1v) is 8.59. The number of amides is 2. The lowest BCUT2D eigenvalue weighted by Gasteiger charge is -2.34. The molecule has 0 atom stereocenters. The number of rotatable bonds is 3. The van der Waals surface area contributed by atoms with E-state index in [-0.39, 0.29) is 34.1 Å². The highest BCUT2D eigenvalue weighted by Crippen LogP contribution is 2.19. The summed E-state index contributed by atoms with van der Waals surface area (Å²) in [5.41, 5.74) is 0.878. The first-order valence-electron chi connectivity index (χ1n) is 7.83. The minimum absolute atomic E-state index is 0.00436. The van der Waals surface area contributed by atoms with Gasteiger partial charge >= 0.3 is 0 Å². The number of hydrogen-bond acceptors (Lipinski definition) is 4. The van der Waals surface area contributed by atoms with Crippen LogP contribution >= 0.6 is 23.2 Å². The van der Waals surface area contributed by atoms with Gasteiger partial charge in [0.2, 0.25) is 5.91 Å². The Morgan fingerprint density at radius 1 is 1.00 bits per heavy atom. The molecule has 6 nitrogen and oxygen atoms in total. The molecule has 25 heavy (non-hydrogen) atoms. The molecule has 130 valence electrons. The number of nitrogens with zero attached hydrogens (tertiary/aromatic N) is 4. The molecule has 8 heteroatoms. The van der Waals surface area contributed by atoms with Crippen LogP contribution in [0.15, 0.2) is 36.5 Å². The van der Waals surface area contributed by atoms with Gasteiger partial charge in [-0.1, -0.05) is 29.3 Å². The van der Waals surface area contributed by atoms with Gasteiger partial charge in [-0.25, -0.2) is 4.98 Å². The number of halogens is 2. The molecule has 1 aliphatic heterocycles. The van der Waals surface area contributed by atoms with E-state index >= 15 is 0 Å². The minimum atomic E-state index is -0.274. The molecule has 0 radical (unpaired) electrons. The molecule has 3 heterocycles. The second-order valence-corrected chi connectivity index (χ2v) is 6.43. The van der Waals surface area contributed by atoms with Gasteiger partial charge in [0.15, 0.2) is 0 Å². The standard InChI is InChI=1S/C17H16Cl2N4O2/c18-13-4-5-14(19)21-16(13)17(25)23-9-7-22(8-10-23)15(24)11-12-3-1-2-6-20-12/h1-6H,7-11H2. The van der Waals surface area contributed by atoms with E-state index in [1.165, 1.54) is 6.07 Å². The Bertz CT molecular complexity index is 777. The van der Waals surface area contributed by atoms with Crippen molar-refractivity contribution in [3.63, 3.8) is 0 Å². The van der Waals surface area contributed by atoms with Crippen molar-refractivity contribution in [3.05, 3.63) is 58.1 Å². The third kappa shape index (κ3) is 4.27. The van der Waals surface area contributed by atoms with E-state index in [1.807, 2.05) is 18.2 Å². The zero-order valence-corrected chi connectivity index (χ0v) is 14.9. The molecule has 0 bridgehead atoms. The van der Waals surface area contributed by atoms with E-state index in [2.05, 4.69) is 9.97 Å². The van der Waals surface area contributed by atoms with Crippen LogP contribution in [0.1, 0.15) is 16.2 Å². The molecule has 1 fully saturated rings. The van der Waals surface area contributed by atoms with E-state index in [1.54, 1.807) is 22.1 Å². The molecule has 2 aromatic heterocycles. The molecule has 2 amide bonds. The number of hydrogen-bond donors (Lipinski definition) is 0. The van der Waals surface area contributed by atoms with Crippen LogP contribution in [0.4, 0.5) is 0 Å². The first-order chi connectivity index (χ1) is 12.0. The summed E-state index contributed by atoms with van der Waals surface area (Å²) in [6.07, 6.45) is 1.93. The Hall–Kier alpha value is -2.18. The van der Waals surface area contributed by atoms with Gasteiger partial charge in [-0.2, -0.15) is 0 Å². The van der Waals surface area contributed by atoms with Crippen LogP contribution < -0.4 is 0 Å². The van der Waals surface area contributed by atoms with Gasteiger partial charge < -0.3 is 9.80 Å². The molecule has 0 saturated carbocycles. The summed E-state index contributed by atoms with van der Waals surface area (Å²) < 4.78 is 0. The van der Waals surface area contributed by atoms with E-state index in [0.29, 0.717) is 26.2 Å². The smallest absolute Gasteiger partial charge is 0.274 e. The molecule has 1 aliphatic rings. The van der Waals surface area contributed by atoms with Crippen LogP contribution in [0, 0.1) is 0 Å². The quantitative estimate of drug-likeness (QED) is 0.768. The van der Waals surface area contributed by atoms with Gasteiger partial charge in [-0.05, 0) is 24.3 Å². The highest BCUT2D eigenvalue weighted by molar-refractivity contribution is 6.34. The van der Waals surface area contributed by atoms with Crippen molar-refractivity contribution in [1.82, 2.24) is 19.8 Å². The average molecular weight is 379 g/mol. The zero-order valence-electron chi connectivity index (χ0n) is 13.4. The molecule has 2 aromatic rings. The lowest BCUT2D eigenvalue weighted by atomic mass is 10.2. The summed E-state index contributed by atoms with van der Waals surface area (Å²) in [5.74, 6) is -0.269. The minimum Gasteiger partial charge on any atom is -0.339 e. The van der Waals surface area contributed by atoms with E-state index in [0.717, 1.165) is 5.69 Å². The van der Waals surface area contributed by atoms with Gasteiger partial charge in [-0.3, -0.25) is 14.6 Å². The number of piperazine rings is 1. The number of aromatic nitrogens is 2. The molecule has 3 rings (SSSR count). The van der Waals surface area contributed by atoms with Gasteiger partial charge in [0.1, 0.15) is 10.8 Å². The molecule has 0 aliphatic carbocycles. The van der Waals surface area contributed by atoms with E-state index in [4.69, 9.17) is 23.2 Å². The monoisotopic (exact) mass is 378 g/mol. The van der Waals surface area contributed by atoms with Gasteiger partial charge in [0.25, 0.3) is 5.91 Å². The summed E-state index contributed by atoms with van der Waals surface area (Å²) in [6, 6.07) is 8.58. The van der Waals surface area contributed by atoms with Gasteiger partial charge in [0, 0.05) is 38.1 Å². The fourth-order valence-corrected chi connectivity index (χ4v) is 2.98. The third-order valence-electron chi connectivity index (χ3n) is 3.99. The fourth-order valence-electron chi connectivity index (χ4n) is 2.65. The maximum atomic E-state index is 12.5. The third-order valence-corrected chi connectivity index (χ3v) is 4.51. The molecule has 0 aromatic carbocycles. The summed E-state index contributed by atoms with van der Waals surface area (Å²) in [7, 11) is 0. The zero-order chi connectivity index (χ0) is 17.8. The maximum Gasteiger partial charge on any atom is 0.274 e. The summed E-state index contributed by atoms with van der Waals surface area (Å²) >= 11 is 11.9. The summed E-state index contributed by atoms with van der Waals surface area (Å²) in [5, 5.41) is 0.486. The molecule has 0 spiro atoms. The Morgan fingerprint density at radius 2 is 1.72 bits per heavy atom. The molecule has 0 N–H and O–H groups in total. The number of carbonyl (C=O) groups is 2.